The molecule has 0 aliphatic carbocycles. The summed E-state index contributed by atoms with van der Waals surface area (Å²) in [5, 5.41) is 3.58. The van der Waals surface area contributed by atoms with Crippen molar-refractivity contribution in [2.75, 3.05) is 0 Å². The maximum atomic E-state index is 11.7. The molecule has 0 aromatic heterocycles. The third kappa shape index (κ3) is 3.01. The summed E-state index contributed by atoms with van der Waals surface area (Å²) >= 11 is 9.58. The zero-order valence-corrected chi connectivity index (χ0v) is 13.3. The van der Waals surface area contributed by atoms with Gasteiger partial charge >= 0.3 is 6.03 Å². The summed E-state index contributed by atoms with van der Waals surface area (Å²) in [6.07, 6.45) is 0. The van der Waals surface area contributed by atoms with Crippen LogP contribution < -0.4 is 5.32 Å². The van der Waals surface area contributed by atoms with E-state index in [2.05, 4.69) is 26.2 Å². The Hall–Kier alpha value is -1.65. The molecule has 0 saturated carbocycles. The molecule has 1 aliphatic heterocycles. The van der Waals surface area contributed by atoms with Crippen molar-refractivity contribution in [2.24, 2.45) is 4.99 Å². The standard InChI is InChI=1S/C16H12BrClN2O/c17-13(10-6-8-12(18)9-7-10)15-14(19-16(21)20-15)11-4-2-1-3-5-11/h1-9,13,15H,(H,20,21). The Labute approximate surface area is 136 Å². The molecule has 0 bridgehead atoms. The topological polar surface area (TPSA) is 41.5 Å². The Morgan fingerprint density at radius 1 is 1.10 bits per heavy atom. The molecule has 3 rings (SSSR count). The van der Waals surface area contributed by atoms with Crippen LogP contribution in [0, 0.1) is 0 Å². The van der Waals surface area contributed by atoms with Gasteiger partial charge in [0.15, 0.2) is 0 Å². The van der Waals surface area contributed by atoms with Crippen LogP contribution in [0.1, 0.15) is 16.0 Å². The van der Waals surface area contributed by atoms with E-state index in [9.17, 15) is 4.79 Å². The number of nitrogens with one attached hydrogen (secondary N) is 1. The second kappa shape index (κ2) is 6.00. The fraction of sp³-hybridized carbons (Fsp3) is 0.125. The predicted molar refractivity (Wildman–Crippen MR) is 88.4 cm³/mol. The number of carbonyl (C=O) groups is 1. The van der Waals surface area contributed by atoms with E-state index >= 15 is 0 Å². The summed E-state index contributed by atoms with van der Waals surface area (Å²) in [4.78, 5) is 15.7. The zero-order chi connectivity index (χ0) is 14.8. The minimum absolute atomic E-state index is 0.0693. The van der Waals surface area contributed by atoms with Gasteiger partial charge in [0, 0.05) is 5.02 Å². The monoisotopic (exact) mass is 362 g/mol. The number of hydrogen-bond acceptors (Lipinski definition) is 1. The Balaban J connectivity index is 1.92. The summed E-state index contributed by atoms with van der Waals surface area (Å²) in [5.74, 6) is 0. The number of benzene rings is 2. The van der Waals surface area contributed by atoms with Gasteiger partial charge in [-0.25, -0.2) is 4.79 Å². The lowest BCUT2D eigenvalue weighted by Gasteiger charge is -2.20. The van der Waals surface area contributed by atoms with Crippen LogP contribution in [0.4, 0.5) is 4.79 Å². The molecular weight excluding hydrogens is 352 g/mol. The molecule has 5 heteroatoms. The maximum Gasteiger partial charge on any atom is 0.341 e. The van der Waals surface area contributed by atoms with Gasteiger partial charge in [-0.3, -0.25) is 0 Å². The van der Waals surface area contributed by atoms with Crippen molar-refractivity contribution in [3.63, 3.8) is 0 Å². The fourth-order valence-corrected chi connectivity index (χ4v) is 3.13. The van der Waals surface area contributed by atoms with Gasteiger partial charge in [0.25, 0.3) is 0 Å². The van der Waals surface area contributed by atoms with E-state index in [-0.39, 0.29) is 16.9 Å². The van der Waals surface area contributed by atoms with Crippen LogP contribution in [0.15, 0.2) is 59.6 Å². The Morgan fingerprint density at radius 2 is 1.76 bits per heavy atom. The number of halogens is 2. The van der Waals surface area contributed by atoms with Crippen LogP contribution in [-0.4, -0.2) is 17.8 Å². The van der Waals surface area contributed by atoms with Crippen LogP contribution in [0.2, 0.25) is 5.02 Å². The predicted octanol–water partition coefficient (Wildman–Crippen LogP) is 4.36. The molecular formula is C16H12BrClN2O. The molecule has 0 radical (unpaired) electrons. The first-order valence-electron chi connectivity index (χ1n) is 6.49. The average molecular weight is 364 g/mol. The molecule has 3 nitrogen and oxygen atoms in total. The van der Waals surface area contributed by atoms with Crippen LogP contribution in [0.3, 0.4) is 0 Å². The number of nitrogens with zero attached hydrogens (tertiary/aromatic N) is 1. The number of amides is 2. The lowest BCUT2D eigenvalue weighted by Crippen LogP contribution is -2.36. The second-order valence-electron chi connectivity index (χ2n) is 4.74. The third-order valence-corrected chi connectivity index (χ3v) is 4.66. The third-order valence-electron chi connectivity index (χ3n) is 3.35. The van der Waals surface area contributed by atoms with E-state index in [1.165, 1.54) is 0 Å². The van der Waals surface area contributed by atoms with Crippen molar-refractivity contribution in [1.29, 1.82) is 0 Å². The van der Waals surface area contributed by atoms with E-state index < -0.39 is 0 Å². The first kappa shape index (κ1) is 14.3. The van der Waals surface area contributed by atoms with Crippen LogP contribution in [-0.2, 0) is 0 Å². The van der Waals surface area contributed by atoms with Gasteiger partial charge in [-0.05, 0) is 23.3 Å². The highest BCUT2D eigenvalue weighted by atomic mass is 79.9. The summed E-state index contributed by atoms with van der Waals surface area (Å²) in [5.41, 5.74) is 2.73. The normalized spacial score (nSPS) is 19.0. The molecule has 2 aromatic carbocycles. The lowest BCUT2D eigenvalue weighted by atomic mass is 9.97. The molecule has 21 heavy (non-hydrogen) atoms. The Bertz CT molecular complexity index is 685. The fourth-order valence-electron chi connectivity index (χ4n) is 2.32. The quantitative estimate of drug-likeness (QED) is 0.809. The van der Waals surface area contributed by atoms with Gasteiger partial charge < -0.3 is 5.32 Å². The Morgan fingerprint density at radius 3 is 2.43 bits per heavy atom. The number of carbonyl (C=O) groups excluding carboxylic acids is 1. The van der Waals surface area contributed by atoms with Crippen molar-refractivity contribution < 1.29 is 4.79 Å². The zero-order valence-electron chi connectivity index (χ0n) is 11.0. The van der Waals surface area contributed by atoms with Gasteiger partial charge in [-0.15, -0.1) is 0 Å². The van der Waals surface area contributed by atoms with Crippen molar-refractivity contribution in [3.8, 4) is 0 Å². The molecule has 0 fully saturated rings. The maximum absolute atomic E-state index is 11.7. The molecule has 0 saturated heterocycles. The van der Waals surface area contributed by atoms with Crippen molar-refractivity contribution >= 4 is 39.3 Å². The van der Waals surface area contributed by atoms with Crippen LogP contribution in [0.5, 0.6) is 0 Å². The highest BCUT2D eigenvalue weighted by Gasteiger charge is 2.33. The van der Waals surface area contributed by atoms with Gasteiger partial charge in [0.2, 0.25) is 0 Å². The molecule has 1 N–H and O–H groups in total. The minimum atomic E-state index is -0.308. The first-order chi connectivity index (χ1) is 10.1. The molecule has 2 aromatic rings. The van der Waals surface area contributed by atoms with E-state index in [4.69, 9.17) is 11.6 Å². The van der Waals surface area contributed by atoms with Gasteiger partial charge in [0.1, 0.15) is 0 Å². The highest BCUT2D eigenvalue weighted by molar-refractivity contribution is 9.09. The highest BCUT2D eigenvalue weighted by Crippen LogP contribution is 2.31. The number of alkyl halides is 1. The molecule has 2 atom stereocenters. The summed E-state index contributed by atoms with van der Waals surface area (Å²) in [6, 6.07) is 16.7. The number of hydrogen-bond donors (Lipinski definition) is 1. The summed E-state index contributed by atoms with van der Waals surface area (Å²) in [6.45, 7) is 0. The van der Waals surface area contributed by atoms with E-state index in [1.807, 2.05) is 54.6 Å². The SMILES string of the molecule is O=C1N=C(c2ccccc2)C(C(Br)c2ccc(Cl)cc2)N1. The number of aliphatic imine (C=N–C) groups is 1. The molecule has 0 spiro atoms. The molecule has 2 amide bonds. The largest absolute Gasteiger partial charge is 0.341 e. The van der Waals surface area contributed by atoms with Crippen LogP contribution in [0.25, 0.3) is 0 Å². The molecule has 106 valence electrons. The van der Waals surface area contributed by atoms with E-state index in [0.717, 1.165) is 16.8 Å². The minimum Gasteiger partial charge on any atom is -0.326 e. The molecule has 1 heterocycles. The number of urea groups is 1. The lowest BCUT2D eigenvalue weighted by molar-refractivity contribution is 0.250. The smallest absolute Gasteiger partial charge is 0.326 e. The van der Waals surface area contributed by atoms with Gasteiger partial charge in [0.05, 0.1) is 16.6 Å². The van der Waals surface area contributed by atoms with Crippen molar-refractivity contribution in [2.45, 2.75) is 10.9 Å². The van der Waals surface area contributed by atoms with Gasteiger partial charge in [-0.2, -0.15) is 4.99 Å². The van der Waals surface area contributed by atoms with E-state index in [1.54, 1.807) is 0 Å². The molecule has 2 unspecified atom stereocenters. The second-order valence-corrected chi connectivity index (χ2v) is 6.17. The van der Waals surface area contributed by atoms with Crippen LogP contribution >= 0.6 is 27.5 Å². The van der Waals surface area contributed by atoms with Crippen molar-refractivity contribution in [1.82, 2.24) is 5.32 Å². The number of rotatable bonds is 3. The summed E-state index contributed by atoms with van der Waals surface area (Å²) < 4.78 is 0. The average Bonchev–Trinajstić information content (AvgIpc) is 2.90. The molecule has 1 aliphatic rings. The van der Waals surface area contributed by atoms with Crippen molar-refractivity contribution in [3.05, 3.63) is 70.7 Å². The Kier molecular flexibility index (Phi) is 4.08. The summed E-state index contributed by atoms with van der Waals surface area (Å²) in [7, 11) is 0. The first-order valence-corrected chi connectivity index (χ1v) is 7.78. The van der Waals surface area contributed by atoms with E-state index in [0.29, 0.717) is 5.02 Å². The van der Waals surface area contributed by atoms with Gasteiger partial charge in [-0.1, -0.05) is 70.0 Å².